The predicted molar refractivity (Wildman–Crippen MR) is 119 cm³/mol. The maximum Gasteiger partial charge on any atom is 0.289 e. The number of hydrogen-bond acceptors (Lipinski definition) is 6. The van der Waals surface area contributed by atoms with Crippen LogP contribution >= 0.6 is 11.6 Å². The molecule has 0 aliphatic rings. The summed E-state index contributed by atoms with van der Waals surface area (Å²) in [5.41, 5.74) is 0.134. The summed E-state index contributed by atoms with van der Waals surface area (Å²) in [6.07, 6.45) is 0. The van der Waals surface area contributed by atoms with Crippen molar-refractivity contribution in [3.05, 3.63) is 100 Å². The highest BCUT2D eigenvalue weighted by molar-refractivity contribution is 7.91. The van der Waals surface area contributed by atoms with Crippen LogP contribution in [0.15, 0.2) is 99.8 Å². The first-order valence-corrected chi connectivity index (χ1v) is 11.3. The van der Waals surface area contributed by atoms with E-state index < -0.39 is 20.6 Å². The molecule has 2 aromatic heterocycles. The average Bonchev–Trinajstić information content (AvgIpc) is 3.25. The van der Waals surface area contributed by atoms with Crippen LogP contribution in [0.5, 0.6) is 0 Å². The fraction of sp³-hybridized carbons (Fsp3) is 0. The fourth-order valence-corrected chi connectivity index (χ4v) is 4.87. The van der Waals surface area contributed by atoms with Gasteiger partial charge in [0.2, 0.25) is 15.0 Å². The number of halogens is 1. The minimum absolute atomic E-state index is 0.000707. The van der Waals surface area contributed by atoms with Gasteiger partial charge in [-0.25, -0.2) is 13.0 Å². The van der Waals surface area contributed by atoms with Crippen molar-refractivity contribution in [3.8, 4) is 11.4 Å². The van der Waals surface area contributed by atoms with E-state index in [0.717, 1.165) is 4.57 Å². The maximum absolute atomic E-state index is 13.6. The zero-order valence-electron chi connectivity index (χ0n) is 16.3. The van der Waals surface area contributed by atoms with Crippen molar-refractivity contribution in [1.29, 1.82) is 0 Å². The lowest BCUT2D eigenvalue weighted by Gasteiger charge is -2.13. The molecule has 2 heterocycles. The van der Waals surface area contributed by atoms with E-state index in [-0.39, 0.29) is 21.7 Å². The number of para-hydroxylation sites is 1. The number of nitrogens with zero attached hydrogens (tertiary/aromatic N) is 5. The third kappa shape index (κ3) is 3.28. The molecule has 0 saturated heterocycles. The molecule has 158 valence electrons. The molecule has 5 rings (SSSR count). The number of benzene rings is 3. The van der Waals surface area contributed by atoms with Gasteiger partial charge in [-0.3, -0.25) is 4.79 Å². The Bertz CT molecular complexity index is 1610. The Balaban J connectivity index is 1.90. The van der Waals surface area contributed by atoms with Gasteiger partial charge < -0.3 is 0 Å². The second-order valence-electron chi connectivity index (χ2n) is 6.84. The summed E-state index contributed by atoms with van der Waals surface area (Å²) in [5.74, 6) is 0. The van der Waals surface area contributed by atoms with Gasteiger partial charge in [0.15, 0.2) is 11.2 Å². The lowest BCUT2D eigenvalue weighted by molar-refractivity contribution is 0.580. The molecule has 0 aliphatic heterocycles. The van der Waals surface area contributed by atoms with Gasteiger partial charge in [-0.2, -0.15) is 9.67 Å². The minimum Gasteiger partial charge on any atom is -0.266 e. The largest absolute Gasteiger partial charge is 0.289 e. The molecular weight excluding hydrogens is 450 g/mol. The molecule has 0 saturated carbocycles. The summed E-state index contributed by atoms with van der Waals surface area (Å²) in [4.78, 5) is 17.9. The quantitative estimate of drug-likeness (QED) is 0.378. The number of sulfone groups is 1. The maximum atomic E-state index is 13.6. The Kier molecular flexibility index (Phi) is 4.84. The molecule has 0 N–H and O–H groups in total. The first-order chi connectivity index (χ1) is 15.5. The molecule has 0 atom stereocenters. The van der Waals surface area contributed by atoms with Crippen molar-refractivity contribution in [3.63, 3.8) is 0 Å². The Morgan fingerprint density at radius 2 is 1.47 bits per heavy atom. The third-order valence-corrected chi connectivity index (χ3v) is 6.69. The lowest BCUT2D eigenvalue weighted by Crippen LogP contribution is -2.27. The molecule has 8 nitrogen and oxygen atoms in total. The summed E-state index contributed by atoms with van der Waals surface area (Å²) in [6, 6.07) is 23.0. The topological polar surface area (TPSA) is 99.7 Å². The Hall–Kier alpha value is -3.82. The summed E-state index contributed by atoms with van der Waals surface area (Å²) < 4.78 is 29.5. The van der Waals surface area contributed by atoms with Crippen LogP contribution in [0.1, 0.15) is 0 Å². The van der Waals surface area contributed by atoms with Crippen LogP contribution in [0.2, 0.25) is 5.02 Å². The van der Waals surface area contributed by atoms with E-state index in [1.807, 2.05) is 6.07 Å². The monoisotopic (exact) mass is 463 g/mol. The zero-order chi connectivity index (χ0) is 22.3. The molecule has 32 heavy (non-hydrogen) atoms. The van der Waals surface area contributed by atoms with E-state index in [2.05, 4.69) is 15.3 Å². The van der Waals surface area contributed by atoms with Gasteiger partial charge in [-0.15, -0.1) is 5.10 Å². The van der Waals surface area contributed by atoms with Gasteiger partial charge in [0.05, 0.1) is 16.3 Å². The number of aromatic nitrogens is 5. The van der Waals surface area contributed by atoms with Crippen LogP contribution in [0.25, 0.3) is 22.5 Å². The summed E-state index contributed by atoms with van der Waals surface area (Å²) >= 11 is 6.12. The molecule has 3 aromatic carbocycles. The van der Waals surface area contributed by atoms with Crippen molar-refractivity contribution < 1.29 is 8.42 Å². The molecule has 0 amide bonds. The van der Waals surface area contributed by atoms with E-state index in [0.29, 0.717) is 10.7 Å². The first-order valence-electron chi connectivity index (χ1n) is 9.47. The summed E-state index contributed by atoms with van der Waals surface area (Å²) in [5, 5.41) is 7.92. The predicted octanol–water partition coefficient (Wildman–Crippen LogP) is 3.45. The van der Waals surface area contributed by atoms with Gasteiger partial charge in [0.25, 0.3) is 5.56 Å². The van der Waals surface area contributed by atoms with Gasteiger partial charge in [-0.05, 0) is 42.5 Å². The highest BCUT2D eigenvalue weighted by Gasteiger charge is 2.28. The number of rotatable bonds is 4. The van der Waals surface area contributed by atoms with Gasteiger partial charge in [0, 0.05) is 5.02 Å². The van der Waals surface area contributed by atoms with Gasteiger partial charge >= 0.3 is 0 Å². The lowest BCUT2D eigenvalue weighted by atomic mass is 10.3. The van der Waals surface area contributed by atoms with E-state index in [9.17, 15) is 13.2 Å². The molecule has 0 radical (unpaired) electrons. The molecule has 0 aliphatic carbocycles. The smallest absolute Gasteiger partial charge is 0.266 e. The molecule has 0 fully saturated rings. The minimum atomic E-state index is -4.18. The highest BCUT2D eigenvalue weighted by atomic mass is 35.5. The molecule has 5 aromatic rings. The normalized spacial score (nSPS) is 11.7. The number of fused-ring (bicyclic) bond motifs is 1. The van der Waals surface area contributed by atoms with Crippen LogP contribution in [-0.2, 0) is 9.84 Å². The first kappa shape index (κ1) is 20.1. The average molecular weight is 464 g/mol. The Morgan fingerprint density at radius 3 is 2.16 bits per heavy atom. The highest BCUT2D eigenvalue weighted by Crippen LogP contribution is 2.24. The molecule has 0 spiro atoms. The zero-order valence-corrected chi connectivity index (χ0v) is 17.9. The van der Waals surface area contributed by atoms with Crippen LogP contribution in [0, 0.1) is 0 Å². The Labute approximate surface area is 187 Å². The van der Waals surface area contributed by atoms with Crippen LogP contribution < -0.4 is 5.56 Å². The Morgan fingerprint density at radius 1 is 0.812 bits per heavy atom. The van der Waals surface area contributed by atoms with Crippen LogP contribution in [0.3, 0.4) is 0 Å². The summed E-state index contributed by atoms with van der Waals surface area (Å²) in [6.45, 7) is 0. The SMILES string of the molecule is O=c1c2nnn(-c3ccccc3)c2nc(S(=O)(=O)c2ccccc2)n1-c1cccc(Cl)c1. The standard InChI is InChI=1S/C22H14ClN5O3S/c23-15-8-7-11-17(14-15)27-21(29)19-20(28(26-25-19)16-9-3-1-4-10-16)24-22(27)32(30,31)18-12-5-2-6-13-18/h1-14H. The summed E-state index contributed by atoms with van der Waals surface area (Å²) in [7, 11) is -4.18. The van der Waals surface area contributed by atoms with Gasteiger partial charge in [0.1, 0.15) is 0 Å². The van der Waals surface area contributed by atoms with Crippen molar-refractivity contribution in [2.24, 2.45) is 0 Å². The molecule has 10 heteroatoms. The van der Waals surface area contributed by atoms with Crippen LogP contribution in [0.4, 0.5) is 0 Å². The second kappa shape index (κ2) is 7.70. The second-order valence-corrected chi connectivity index (χ2v) is 9.12. The van der Waals surface area contributed by atoms with Crippen molar-refractivity contribution in [2.45, 2.75) is 10.1 Å². The van der Waals surface area contributed by atoms with Crippen molar-refractivity contribution >= 4 is 32.6 Å². The number of hydrogen-bond donors (Lipinski definition) is 0. The van der Waals surface area contributed by atoms with Crippen LogP contribution in [-0.4, -0.2) is 33.0 Å². The van der Waals surface area contributed by atoms with Crippen molar-refractivity contribution in [2.75, 3.05) is 0 Å². The van der Waals surface area contributed by atoms with E-state index in [1.165, 1.54) is 22.9 Å². The van der Waals surface area contributed by atoms with Gasteiger partial charge in [-0.1, -0.05) is 59.3 Å². The molecule has 0 bridgehead atoms. The van der Waals surface area contributed by atoms with E-state index in [4.69, 9.17) is 11.6 Å². The molecular formula is C22H14ClN5O3S. The third-order valence-electron chi connectivity index (χ3n) is 4.81. The van der Waals surface area contributed by atoms with E-state index in [1.54, 1.807) is 60.7 Å². The fourth-order valence-electron chi connectivity index (χ4n) is 3.32. The van der Waals surface area contributed by atoms with Crippen molar-refractivity contribution in [1.82, 2.24) is 24.5 Å². The molecule has 0 unspecified atom stereocenters. The van der Waals surface area contributed by atoms with E-state index >= 15 is 0 Å².